The van der Waals surface area contributed by atoms with Crippen LogP contribution in [0, 0.1) is 0 Å². The summed E-state index contributed by atoms with van der Waals surface area (Å²) in [6, 6.07) is 19.4. The number of benzene rings is 2. The first-order valence-corrected chi connectivity index (χ1v) is 5.05. The van der Waals surface area contributed by atoms with Gasteiger partial charge in [0.05, 0.1) is 14.2 Å². The minimum absolute atomic E-state index is 0. The molecule has 95 valence electrons. The Morgan fingerprint density at radius 3 is 1.06 bits per heavy atom. The fraction of sp³-hybridized carbons (Fsp3) is 0.143. The Bertz CT molecular complexity index is 336. The van der Waals surface area contributed by atoms with Crippen LogP contribution in [0.1, 0.15) is 0 Å². The van der Waals surface area contributed by atoms with Gasteiger partial charge in [0, 0.05) is 22.4 Å². The average Bonchev–Trinajstić information content (AvgIpc) is 2.41. The van der Waals surface area contributed by atoms with Crippen molar-refractivity contribution in [1.82, 2.24) is 0 Å². The predicted molar refractivity (Wildman–Crippen MR) is 66.0 cm³/mol. The molecule has 0 bridgehead atoms. The fourth-order valence-electron chi connectivity index (χ4n) is 1.11. The molecule has 0 amide bonds. The van der Waals surface area contributed by atoms with E-state index in [2.05, 4.69) is 0 Å². The molecule has 2 nitrogen and oxygen atoms in total. The number of rotatable bonds is 2. The Kier molecular flexibility index (Phi) is 9.25. The molecule has 0 saturated carbocycles. The molecule has 0 saturated heterocycles. The van der Waals surface area contributed by atoms with E-state index >= 15 is 0 Å². The van der Waals surface area contributed by atoms with Gasteiger partial charge >= 0.3 is 0 Å². The van der Waals surface area contributed by atoms with Crippen LogP contribution in [-0.4, -0.2) is 14.2 Å². The molecular formula is C14H16AgO2. The summed E-state index contributed by atoms with van der Waals surface area (Å²) in [6.45, 7) is 0. The van der Waals surface area contributed by atoms with E-state index in [9.17, 15) is 0 Å². The molecular weight excluding hydrogens is 308 g/mol. The predicted octanol–water partition coefficient (Wildman–Crippen LogP) is 3.39. The molecule has 0 aromatic heterocycles. The second-order valence-electron chi connectivity index (χ2n) is 3.03. The molecule has 2 rings (SSSR count). The van der Waals surface area contributed by atoms with Crippen molar-refractivity contribution in [2.24, 2.45) is 0 Å². The van der Waals surface area contributed by atoms with E-state index in [1.165, 1.54) is 0 Å². The van der Waals surface area contributed by atoms with Crippen molar-refractivity contribution in [2.45, 2.75) is 0 Å². The van der Waals surface area contributed by atoms with Gasteiger partial charge in [0.25, 0.3) is 0 Å². The first-order chi connectivity index (χ1) is 7.86. The van der Waals surface area contributed by atoms with Crippen LogP contribution in [0.15, 0.2) is 60.7 Å². The minimum atomic E-state index is 0. The summed E-state index contributed by atoms with van der Waals surface area (Å²) in [6.07, 6.45) is 0. The van der Waals surface area contributed by atoms with E-state index < -0.39 is 0 Å². The van der Waals surface area contributed by atoms with E-state index in [0.717, 1.165) is 11.5 Å². The van der Waals surface area contributed by atoms with Crippen LogP contribution in [0.4, 0.5) is 0 Å². The maximum Gasteiger partial charge on any atom is 0.118 e. The van der Waals surface area contributed by atoms with Crippen LogP contribution in [0.3, 0.4) is 0 Å². The minimum Gasteiger partial charge on any atom is -0.497 e. The van der Waals surface area contributed by atoms with Crippen LogP contribution in [0.25, 0.3) is 0 Å². The Labute approximate surface area is 118 Å². The summed E-state index contributed by atoms with van der Waals surface area (Å²) >= 11 is 0. The average molecular weight is 324 g/mol. The van der Waals surface area contributed by atoms with Gasteiger partial charge in [0.1, 0.15) is 11.5 Å². The molecule has 3 heteroatoms. The van der Waals surface area contributed by atoms with Crippen LogP contribution in [-0.2, 0) is 22.4 Å². The Balaban J connectivity index is 0.000000284. The van der Waals surface area contributed by atoms with Crippen molar-refractivity contribution < 1.29 is 31.9 Å². The summed E-state index contributed by atoms with van der Waals surface area (Å²) < 4.78 is 9.83. The fourth-order valence-corrected chi connectivity index (χ4v) is 1.11. The third-order valence-electron chi connectivity index (χ3n) is 1.96. The largest absolute Gasteiger partial charge is 0.497 e. The quantitative estimate of drug-likeness (QED) is 0.789. The maximum absolute atomic E-state index is 4.91. The standard InChI is InChI=1S/2C7H8O.Ag/c2*1-8-7-5-3-2-4-6-7;/h2*2-6H,1H3;. The number of para-hydroxylation sites is 2. The summed E-state index contributed by atoms with van der Waals surface area (Å²) in [4.78, 5) is 0. The van der Waals surface area contributed by atoms with Crippen molar-refractivity contribution in [3.8, 4) is 11.5 Å². The molecule has 0 spiro atoms. The zero-order chi connectivity index (χ0) is 11.6. The zero-order valence-electron chi connectivity index (χ0n) is 9.89. The molecule has 0 atom stereocenters. The summed E-state index contributed by atoms with van der Waals surface area (Å²) in [5.74, 6) is 1.82. The van der Waals surface area contributed by atoms with Gasteiger partial charge in [-0.3, -0.25) is 0 Å². The summed E-state index contributed by atoms with van der Waals surface area (Å²) in [5, 5.41) is 0. The van der Waals surface area contributed by atoms with Crippen molar-refractivity contribution in [1.29, 1.82) is 0 Å². The smallest absolute Gasteiger partial charge is 0.118 e. The van der Waals surface area contributed by atoms with Gasteiger partial charge in [0.2, 0.25) is 0 Å². The normalized spacial score (nSPS) is 8.12. The molecule has 0 aliphatic heterocycles. The van der Waals surface area contributed by atoms with Crippen LogP contribution >= 0.6 is 0 Å². The molecule has 0 aliphatic carbocycles. The van der Waals surface area contributed by atoms with Gasteiger partial charge in [-0.25, -0.2) is 0 Å². The van der Waals surface area contributed by atoms with E-state index in [-0.39, 0.29) is 22.4 Å². The van der Waals surface area contributed by atoms with Crippen LogP contribution in [0.2, 0.25) is 0 Å². The van der Waals surface area contributed by atoms with Gasteiger partial charge < -0.3 is 9.47 Å². The number of methoxy groups -OCH3 is 2. The van der Waals surface area contributed by atoms with Crippen molar-refractivity contribution in [3.05, 3.63) is 60.7 Å². The van der Waals surface area contributed by atoms with E-state index in [0.29, 0.717) is 0 Å². The topological polar surface area (TPSA) is 18.5 Å². The van der Waals surface area contributed by atoms with Gasteiger partial charge in [-0.15, -0.1) is 0 Å². The molecule has 0 aliphatic rings. The van der Waals surface area contributed by atoms with Crippen LogP contribution < -0.4 is 9.47 Å². The number of hydrogen-bond acceptors (Lipinski definition) is 2. The molecule has 0 fully saturated rings. The maximum atomic E-state index is 4.91. The first-order valence-electron chi connectivity index (χ1n) is 5.05. The van der Waals surface area contributed by atoms with Gasteiger partial charge in [-0.2, -0.15) is 0 Å². The van der Waals surface area contributed by atoms with Crippen molar-refractivity contribution in [3.63, 3.8) is 0 Å². The van der Waals surface area contributed by atoms with E-state index in [1.54, 1.807) is 14.2 Å². The molecule has 0 heterocycles. The third-order valence-corrected chi connectivity index (χ3v) is 1.96. The van der Waals surface area contributed by atoms with Gasteiger partial charge in [-0.05, 0) is 24.3 Å². The molecule has 17 heavy (non-hydrogen) atoms. The second kappa shape index (κ2) is 9.97. The summed E-state index contributed by atoms with van der Waals surface area (Å²) in [5.41, 5.74) is 0. The third kappa shape index (κ3) is 6.84. The molecule has 2 aromatic carbocycles. The number of hydrogen-bond donors (Lipinski definition) is 0. The Morgan fingerprint density at radius 1 is 0.588 bits per heavy atom. The molecule has 1 radical (unpaired) electrons. The first kappa shape index (κ1) is 15.8. The van der Waals surface area contributed by atoms with E-state index in [4.69, 9.17) is 9.47 Å². The van der Waals surface area contributed by atoms with Crippen molar-refractivity contribution in [2.75, 3.05) is 14.2 Å². The van der Waals surface area contributed by atoms with Gasteiger partial charge in [0.15, 0.2) is 0 Å². The molecule has 0 N–H and O–H groups in total. The molecule has 2 aromatic rings. The SMILES string of the molecule is COc1ccccc1.COc1ccccc1.[Ag]. The van der Waals surface area contributed by atoms with Gasteiger partial charge in [-0.1, -0.05) is 36.4 Å². The van der Waals surface area contributed by atoms with Crippen molar-refractivity contribution >= 4 is 0 Å². The van der Waals surface area contributed by atoms with E-state index in [1.807, 2.05) is 60.7 Å². The monoisotopic (exact) mass is 323 g/mol. The number of ether oxygens (including phenoxy) is 2. The summed E-state index contributed by atoms with van der Waals surface area (Å²) in [7, 11) is 3.32. The molecule has 0 unspecified atom stereocenters. The Morgan fingerprint density at radius 2 is 0.882 bits per heavy atom. The Hall–Kier alpha value is -1.22. The second-order valence-corrected chi connectivity index (χ2v) is 3.03. The zero-order valence-corrected chi connectivity index (χ0v) is 11.4. The van der Waals surface area contributed by atoms with Crippen LogP contribution in [0.5, 0.6) is 11.5 Å².